The third kappa shape index (κ3) is 2.91. The Labute approximate surface area is 117 Å². The van der Waals surface area contributed by atoms with Gasteiger partial charge in [0.25, 0.3) is 0 Å². The number of rotatable bonds is 3. The van der Waals surface area contributed by atoms with E-state index in [2.05, 4.69) is 59.1 Å². The number of benzene rings is 1. The summed E-state index contributed by atoms with van der Waals surface area (Å²) in [5.74, 6) is 0. The number of nitrogens with zero attached hydrogens (tertiary/aromatic N) is 1. The van der Waals surface area contributed by atoms with Crippen LogP contribution in [0.1, 0.15) is 29.8 Å². The van der Waals surface area contributed by atoms with Crippen LogP contribution in [0.2, 0.25) is 0 Å². The monoisotopic (exact) mass is 304 g/mol. The van der Waals surface area contributed by atoms with E-state index < -0.39 is 0 Å². The molecule has 0 aliphatic carbocycles. The molecule has 1 N–H and O–H groups in total. The van der Waals surface area contributed by atoms with Gasteiger partial charge in [-0.25, -0.2) is 0 Å². The first-order chi connectivity index (χ1) is 8.58. The van der Waals surface area contributed by atoms with Crippen LogP contribution >= 0.6 is 15.9 Å². The minimum absolute atomic E-state index is 0.199. The summed E-state index contributed by atoms with van der Waals surface area (Å²) in [5, 5.41) is 3.54. The molecule has 1 atom stereocenters. The van der Waals surface area contributed by atoms with Gasteiger partial charge in [0.15, 0.2) is 0 Å². The van der Waals surface area contributed by atoms with Crippen LogP contribution < -0.4 is 5.32 Å². The molecule has 0 spiro atoms. The molecule has 0 saturated heterocycles. The van der Waals surface area contributed by atoms with Gasteiger partial charge in [0.1, 0.15) is 0 Å². The first kappa shape index (κ1) is 13.1. The van der Waals surface area contributed by atoms with Gasteiger partial charge in [0.2, 0.25) is 0 Å². The number of pyridine rings is 1. The second-order valence-electron chi connectivity index (χ2n) is 4.54. The van der Waals surface area contributed by atoms with E-state index in [-0.39, 0.29) is 6.04 Å². The van der Waals surface area contributed by atoms with Crippen molar-refractivity contribution in [3.63, 3.8) is 0 Å². The maximum atomic E-state index is 4.38. The quantitative estimate of drug-likeness (QED) is 0.894. The Morgan fingerprint density at radius 1 is 1.17 bits per heavy atom. The van der Waals surface area contributed by atoms with E-state index in [4.69, 9.17) is 0 Å². The lowest BCUT2D eigenvalue weighted by Gasteiger charge is -2.19. The lowest BCUT2D eigenvalue weighted by Crippen LogP contribution is -2.10. The predicted octanol–water partition coefficient (Wildman–Crippen LogP) is 4.63. The fourth-order valence-electron chi connectivity index (χ4n) is 2.06. The Bertz CT molecular complexity index is 514. The third-order valence-electron chi connectivity index (χ3n) is 2.99. The van der Waals surface area contributed by atoms with E-state index in [1.54, 1.807) is 0 Å². The molecule has 0 aliphatic rings. The minimum Gasteiger partial charge on any atom is -0.377 e. The van der Waals surface area contributed by atoms with E-state index >= 15 is 0 Å². The molecule has 3 heteroatoms. The van der Waals surface area contributed by atoms with Crippen LogP contribution in [0.3, 0.4) is 0 Å². The molecule has 2 nitrogen and oxygen atoms in total. The summed E-state index contributed by atoms with van der Waals surface area (Å²) in [7, 11) is 0. The van der Waals surface area contributed by atoms with Crippen molar-refractivity contribution in [2.24, 2.45) is 0 Å². The molecule has 2 aromatic rings. The molecular weight excluding hydrogens is 288 g/mol. The highest BCUT2D eigenvalue weighted by molar-refractivity contribution is 9.10. The maximum Gasteiger partial charge on any atom is 0.0657 e. The fraction of sp³-hybridized carbons (Fsp3) is 0.267. The number of anilines is 1. The summed E-state index contributed by atoms with van der Waals surface area (Å²) < 4.78 is 1.12. The van der Waals surface area contributed by atoms with Crippen molar-refractivity contribution in [2.75, 3.05) is 5.32 Å². The topological polar surface area (TPSA) is 24.9 Å². The average Bonchev–Trinajstić information content (AvgIpc) is 2.34. The Morgan fingerprint density at radius 2 is 1.83 bits per heavy atom. The van der Waals surface area contributed by atoms with Gasteiger partial charge in [0, 0.05) is 16.4 Å². The Balaban J connectivity index is 2.25. The molecule has 94 valence electrons. The minimum atomic E-state index is 0.199. The highest BCUT2D eigenvalue weighted by atomic mass is 79.9. The molecule has 18 heavy (non-hydrogen) atoms. The zero-order valence-electron chi connectivity index (χ0n) is 10.9. The number of aryl methyl sites for hydroxylation is 2. The normalized spacial score (nSPS) is 12.2. The van der Waals surface area contributed by atoms with Crippen molar-refractivity contribution in [3.05, 3.63) is 57.8 Å². The SMILES string of the molecule is Cc1cc(Br)cc(C)c1NC(C)c1ccccn1. The van der Waals surface area contributed by atoms with Gasteiger partial charge in [-0.2, -0.15) is 0 Å². The Hall–Kier alpha value is -1.35. The molecular formula is C15H17BrN2. The van der Waals surface area contributed by atoms with E-state index in [1.165, 1.54) is 16.8 Å². The Kier molecular flexibility index (Phi) is 4.02. The summed E-state index contributed by atoms with van der Waals surface area (Å²) in [4.78, 5) is 4.38. The van der Waals surface area contributed by atoms with Gasteiger partial charge in [-0.15, -0.1) is 0 Å². The highest BCUT2D eigenvalue weighted by Crippen LogP contribution is 2.28. The molecule has 1 heterocycles. The van der Waals surface area contributed by atoms with Gasteiger partial charge < -0.3 is 5.32 Å². The first-order valence-corrected chi connectivity index (χ1v) is 6.81. The van der Waals surface area contributed by atoms with Crippen molar-refractivity contribution in [2.45, 2.75) is 26.8 Å². The molecule has 0 bridgehead atoms. The van der Waals surface area contributed by atoms with E-state index in [0.717, 1.165) is 10.2 Å². The highest BCUT2D eigenvalue weighted by Gasteiger charge is 2.10. The summed E-state index contributed by atoms with van der Waals surface area (Å²) in [6.45, 7) is 6.36. The molecule has 0 fully saturated rings. The summed E-state index contributed by atoms with van der Waals surface area (Å²) in [6.07, 6.45) is 1.83. The molecule has 2 rings (SSSR count). The van der Waals surface area contributed by atoms with Gasteiger partial charge in [-0.3, -0.25) is 4.98 Å². The van der Waals surface area contributed by atoms with Crippen molar-refractivity contribution in [1.29, 1.82) is 0 Å². The van der Waals surface area contributed by atoms with Gasteiger partial charge in [-0.1, -0.05) is 22.0 Å². The number of nitrogens with one attached hydrogen (secondary N) is 1. The fourth-order valence-corrected chi connectivity index (χ4v) is 2.75. The van der Waals surface area contributed by atoms with Crippen LogP contribution in [0, 0.1) is 13.8 Å². The largest absolute Gasteiger partial charge is 0.377 e. The van der Waals surface area contributed by atoms with Crippen LogP contribution in [-0.4, -0.2) is 4.98 Å². The molecule has 0 radical (unpaired) electrons. The first-order valence-electron chi connectivity index (χ1n) is 6.02. The lowest BCUT2D eigenvalue weighted by atomic mass is 10.1. The van der Waals surface area contributed by atoms with Crippen molar-refractivity contribution in [1.82, 2.24) is 4.98 Å². The maximum absolute atomic E-state index is 4.38. The standard InChI is InChI=1S/C15H17BrN2/c1-10-8-13(16)9-11(2)15(10)18-12(3)14-6-4-5-7-17-14/h4-9,12,18H,1-3H3. The van der Waals surface area contributed by atoms with Crippen molar-refractivity contribution in [3.8, 4) is 0 Å². The summed E-state index contributed by atoms with van der Waals surface area (Å²) in [5.41, 5.74) is 4.73. The van der Waals surface area contributed by atoms with E-state index in [1.807, 2.05) is 24.4 Å². The lowest BCUT2D eigenvalue weighted by molar-refractivity contribution is 0.836. The number of hydrogen-bond acceptors (Lipinski definition) is 2. The van der Waals surface area contributed by atoms with Gasteiger partial charge >= 0.3 is 0 Å². The second-order valence-corrected chi connectivity index (χ2v) is 5.45. The van der Waals surface area contributed by atoms with Crippen LogP contribution in [0.4, 0.5) is 5.69 Å². The summed E-state index contributed by atoms with van der Waals surface area (Å²) >= 11 is 3.52. The smallest absolute Gasteiger partial charge is 0.0657 e. The molecule has 0 aliphatic heterocycles. The molecule has 1 aromatic carbocycles. The van der Waals surface area contributed by atoms with Crippen molar-refractivity contribution < 1.29 is 0 Å². The van der Waals surface area contributed by atoms with Crippen LogP contribution in [0.5, 0.6) is 0 Å². The zero-order valence-corrected chi connectivity index (χ0v) is 12.5. The number of aromatic nitrogens is 1. The summed E-state index contributed by atoms with van der Waals surface area (Å²) in [6, 6.07) is 10.4. The zero-order chi connectivity index (χ0) is 13.1. The van der Waals surface area contributed by atoms with E-state index in [9.17, 15) is 0 Å². The molecule has 0 saturated carbocycles. The average molecular weight is 305 g/mol. The molecule has 1 aromatic heterocycles. The van der Waals surface area contributed by atoms with Crippen LogP contribution in [0.15, 0.2) is 41.0 Å². The third-order valence-corrected chi connectivity index (χ3v) is 3.45. The number of hydrogen-bond donors (Lipinski definition) is 1. The molecule has 1 unspecified atom stereocenters. The van der Waals surface area contributed by atoms with Crippen LogP contribution in [0.25, 0.3) is 0 Å². The van der Waals surface area contributed by atoms with Crippen LogP contribution in [-0.2, 0) is 0 Å². The van der Waals surface area contributed by atoms with Gasteiger partial charge in [-0.05, 0) is 56.2 Å². The predicted molar refractivity (Wildman–Crippen MR) is 79.9 cm³/mol. The van der Waals surface area contributed by atoms with Crippen molar-refractivity contribution >= 4 is 21.6 Å². The second kappa shape index (κ2) is 5.53. The molecule has 0 amide bonds. The number of halogens is 1. The van der Waals surface area contributed by atoms with E-state index in [0.29, 0.717) is 0 Å². The Morgan fingerprint density at radius 3 is 2.39 bits per heavy atom. The van der Waals surface area contributed by atoms with Gasteiger partial charge in [0.05, 0.1) is 11.7 Å².